The van der Waals surface area contributed by atoms with Crippen LogP contribution in [-0.4, -0.2) is 54.0 Å². The average molecular weight is 309 g/mol. The number of piperazine rings is 1. The van der Waals surface area contributed by atoms with Gasteiger partial charge in [0.25, 0.3) is 0 Å². The molecule has 2 aliphatic rings. The van der Waals surface area contributed by atoms with Gasteiger partial charge >= 0.3 is 5.97 Å². The van der Waals surface area contributed by atoms with Gasteiger partial charge in [-0.15, -0.1) is 0 Å². The highest BCUT2D eigenvalue weighted by molar-refractivity contribution is 6.30. The van der Waals surface area contributed by atoms with Gasteiger partial charge in [-0.2, -0.15) is 0 Å². The molecule has 0 bridgehead atoms. The molecule has 0 radical (unpaired) electrons. The van der Waals surface area contributed by atoms with Crippen molar-refractivity contribution in [1.29, 1.82) is 0 Å². The summed E-state index contributed by atoms with van der Waals surface area (Å²) in [6.45, 7) is 2.67. The van der Waals surface area contributed by atoms with Gasteiger partial charge < -0.3 is 9.64 Å². The molecule has 0 unspecified atom stereocenters. The van der Waals surface area contributed by atoms with Crippen LogP contribution in [0.5, 0.6) is 0 Å². The summed E-state index contributed by atoms with van der Waals surface area (Å²) in [6.07, 6.45) is 0.684. The maximum absolute atomic E-state index is 12.2. The highest BCUT2D eigenvalue weighted by Gasteiger charge is 2.36. The smallest absolute Gasteiger partial charge is 0.323 e. The third-order valence-electron chi connectivity index (χ3n) is 3.98. The van der Waals surface area contributed by atoms with Gasteiger partial charge in [0.05, 0.1) is 13.2 Å². The number of rotatable bonds is 3. The first-order valence-electron chi connectivity index (χ1n) is 7.06. The van der Waals surface area contributed by atoms with Crippen molar-refractivity contribution in [2.24, 2.45) is 0 Å². The minimum absolute atomic E-state index is 0.0518. The molecule has 3 rings (SSSR count). The van der Waals surface area contributed by atoms with Gasteiger partial charge in [0.15, 0.2) is 0 Å². The number of cyclic esters (lactones) is 1. The molecule has 2 heterocycles. The van der Waals surface area contributed by atoms with Crippen LogP contribution in [0.15, 0.2) is 24.3 Å². The molecule has 1 atom stereocenters. The van der Waals surface area contributed by atoms with Crippen molar-refractivity contribution in [3.63, 3.8) is 0 Å². The monoisotopic (exact) mass is 308 g/mol. The van der Waals surface area contributed by atoms with E-state index in [1.807, 2.05) is 34.1 Å². The predicted octanol–water partition coefficient (Wildman–Crippen LogP) is 1.30. The van der Waals surface area contributed by atoms with Crippen LogP contribution in [0, 0.1) is 0 Å². The molecule has 1 aromatic rings. The van der Waals surface area contributed by atoms with Crippen molar-refractivity contribution >= 4 is 23.5 Å². The molecule has 5 nitrogen and oxygen atoms in total. The fraction of sp³-hybridized carbons (Fsp3) is 0.467. The molecule has 0 aliphatic carbocycles. The second kappa shape index (κ2) is 6.03. The predicted molar refractivity (Wildman–Crippen MR) is 77.8 cm³/mol. The molecule has 0 spiro atoms. The Hall–Kier alpha value is -1.59. The fourth-order valence-corrected chi connectivity index (χ4v) is 2.91. The highest BCUT2D eigenvalue weighted by Crippen LogP contribution is 2.18. The number of amides is 1. The zero-order chi connectivity index (χ0) is 14.8. The van der Waals surface area contributed by atoms with E-state index in [1.54, 1.807) is 0 Å². The van der Waals surface area contributed by atoms with Gasteiger partial charge in [-0.25, -0.2) is 0 Å². The molecule has 2 fully saturated rings. The van der Waals surface area contributed by atoms with E-state index in [0.717, 1.165) is 5.56 Å². The summed E-state index contributed by atoms with van der Waals surface area (Å²) in [5, 5.41) is 0.689. The Morgan fingerprint density at radius 2 is 1.95 bits per heavy atom. The molecule has 1 aromatic carbocycles. The normalized spacial score (nSPS) is 23.5. The molecular formula is C15H17ClN2O3. The minimum Gasteiger partial charge on any atom is -0.464 e. The zero-order valence-electron chi connectivity index (χ0n) is 11.6. The van der Waals surface area contributed by atoms with Gasteiger partial charge in [0, 0.05) is 31.1 Å². The van der Waals surface area contributed by atoms with Crippen LogP contribution in [0.1, 0.15) is 12.0 Å². The summed E-state index contributed by atoms with van der Waals surface area (Å²) in [6, 6.07) is 7.26. The van der Waals surface area contributed by atoms with Gasteiger partial charge in [0.1, 0.15) is 6.04 Å². The largest absolute Gasteiger partial charge is 0.464 e. The Balaban J connectivity index is 1.59. The van der Waals surface area contributed by atoms with E-state index < -0.39 is 0 Å². The number of benzene rings is 1. The van der Waals surface area contributed by atoms with Crippen LogP contribution in [0.3, 0.4) is 0 Å². The number of hydrogen-bond acceptors (Lipinski definition) is 4. The van der Waals surface area contributed by atoms with Gasteiger partial charge in [-0.05, 0) is 17.7 Å². The number of ether oxygens (including phenoxy) is 1. The second-order valence-corrected chi connectivity index (χ2v) is 5.82. The number of nitrogens with zero attached hydrogens (tertiary/aromatic N) is 2. The molecule has 6 heteroatoms. The van der Waals surface area contributed by atoms with Gasteiger partial charge in [-0.3, -0.25) is 14.5 Å². The highest BCUT2D eigenvalue weighted by atomic mass is 35.5. The van der Waals surface area contributed by atoms with Crippen molar-refractivity contribution in [1.82, 2.24) is 9.80 Å². The Kier molecular flexibility index (Phi) is 4.12. The summed E-state index contributed by atoms with van der Waals surface area (Å²) >= 11 is 5.86. The van der Waals surface area contributed by atoms with E-state index in [9.17, 15) is 9.59 Å². The molecule has 112 valence electrons. The van der Waals surface area contributed by atoms with Crippen molar-refractivity contribution in [2.45, 2.75) is 19.0 Å². The Morgan fingerprint density at radius 1 is 1.19 bits per heavy atom. The van der Waals surface area contributed by atoms with Crippen LogP contribution in [0.4, 0.5) is 0 Å². The van der Waals surface area contributed by atoms with E-state index in [-0.39, 0.29) is 24.5 Å². The first kappa shape index (κ1) is 14.4. The quantitative estimate of drug-likeness (QED) is 0.790. The molecule has 2 aliphatic heterocycles. The summed E-state index contributed by atoms with van der Waals surface area (Å²) in [5.41, 5.74) is 1.06. The Bertz CT molecular complexity index is 546. The lowest BCUT2D eigenvalue weighted by Gasteiger charge is -2.36. The van der Waals surface area contributed by atoms with Crippen LogP contribution in [0.2, 0.25) is 5.02 Å². The summed E-state index contributed by atoms with van der Waals surface area (Å²) in [5.74, 6) is -0.148. The Morgan fingerprint density at radius 3 is 2.57 bits per heavy atom. The summed E-state index contributed by atoms with van der Waals surface area (Å²) in [7, 11) is 0. The third kappa shape index (κ3) is 3.19. The molecule has 0 saturated carbocycles. The number of esters is 1. The van der Waals surface area contributed by atoms with Gasteiger partial charge in [-0.1, -0.05) is 23.7 Å². The zero-order valence-corrected chi connectivity index (χ0v) is 12.4. The van der Waals surface area contributed by atoms with Crippen LogP contribution in [-0.2, 0) is 20.9 Å². The van der Waals surface area contributed by atoms with Crippen molar-refractivity contribution in [3.05, 3.63) is 34.9 Å². The topological polar surface area (TPSA) is 49.9 Å². The number of carbonyl (C=O) groups is 2. The van der Waals surface area contributed by atoms with Crippen LogP contribution < -0.4 is 0 Å². The first-order chi connectivity index (χ1) is 10.1. The molecular weight excluding hydrogens is 292 g/mol. The standard InChI is InChI=1S/C15H17ClN2O3/c16-12-3-1-11(2-4-12)9-18-7-6-17(10-14(18)19)13-5-8-21-15(13)20/h1-4,13H,5-10H2/t13-/m0/s1. The lowest BCUT2D eigenvalue weighted by molar-refractivity contribution is -0.146. The van der Waals surface area contributed by atoms with Gasteiger partial charge in [0.2, 0.25) is 5.91 Å². The number of carbonyl (C=O) groups excluding carboxylic acids is 2. The van der Waals surface area contributed by atoms with E-state index in [1.165, 1.54) is 0 Å². The maximum atomic E-state index is 12.2. The molecule has 1 amide bonds. The Labute approximate surface area is 128 Å². The first-order valence-corrected chi connectivity index (χ1v) is 7.44. The SMILES string of the molecule is O=C1OCC[C@@H]1N1CCN(Cc2ccc(Cl)cc2)C(=O)C1. The molecule has 0 aromatic heterocycles. The van der Waals surface area contributed by atoms with Crippen molar-refractivity contribution < 1.29 is 14.3 Å². The molecule has 2 saturated heterocycles. The van der Waals surface area contributed by atoms with E-state index in [2.05, 4.69) is 0 Å². The summed E-state index contributed by atoms with van der Waals surface area (Å²) in [4.78, 5) is 27.6. The molecule has 21 heavy (non-hydrogen) atoms. The lowest BCUT2D eigenvalue weighted by atomic mass is 10.1. The van der Waals surface area contributed by atoms with Crippen LogP contribution in [0.25, 0.3) is 0 Å². The van der Waals surface area contributed by atoms with E-state index in [4.69, 9.17) is 16.3 Å². The average Bonchev–Trinajstić information content (AvgIpc) is 2.90. The fourth-order valence-electron chi connectivity index (χ4n) is 2.79. The van der Waals surface area contributed by atoms with Crippen LogP contribution >= 0.6 is 11.6 Å². The third-order valence-corrected chi connectivity index (χ3v) is 4.24. The van der Waals surface area contributed by atoms with Crippen molar-refractivity contribution in [3.8, 4) is 0 Å². The van der Waals surface area contributed by atoms with E-state index >= 15 is 0 Å². The number of hydrogen-bond donors (Lipinski definition) is 0. The number of halogens is 1. The van der Waals surface area contributed by atoms with Crippen molar-refractivity contribution in [2.75, 3.05) is 26.2 Å². The minimum atomic E-state index is -0.244. The molecule has 0 N–H and O–H groups in total. The summed E-state index contributed by atoms with van der Waals surface area (Å²) < 4.78 is 4.97. The second-order valence-electron chi connectivity index (χ2n) is 5.38. The van der Waals surface area contributed by atoms with E-state index in [0.29, 0.717) is 37.7 Å². The lowest BCUT2D eigenvalue weighted by Crippen LogP contribution is -2.54. The maximum Gasteiger partial charge on any atom is 0.323 e.